The summed E-state index contributed by atoms with van der Waals surface area (Å²) >= 11 is 0. The number of fused-ring (bicyclic) bond motifs is 1. The number of carbonyl (C=O) groups excluding carboxylic acids is 1. The first-order valence-electron chi connectivity index (χ1n) is 10.5. The van der Waals surface area contributed by atoms with Gasteiger partial charge in [0.1, 0.15) is 5.69 Å². The normalized spacial score (nSPS) is 16.0. The number of para-hydroxylation sites is 1. The summed E-state index contributed by atoms with van der Waals surface area (Å²) in [6, 6.07) is 18.4. The second kappa shape index (κ2) is 7.78. The van der Waals surface area contributed by atoms with Gasteiger partial charge in [0.25, 0.3) is 5.91 Å². The number of benzene rings is 2. The molecule has 5 rings (SSSR count). The third kappa shape index (κ3) is 3.49. The van der Waals surface area contributed by atoms with Crippen molar-refractivity contribution in [2.75, 3.05) is 47.4 Å². The van der Waals surface area contributed by atoms with Crippen LogP contribution >= 0.6 is 0 Å². The van der Waals surface area contributed by atoms with E-state index in [4.69, 9.17) is 0 Å². The SMILES string of the molecule is Cc1cccc(N2CCN(c3nccc(C(=O)N4CCc5ccccc54)n3)CC2)c1. The topological polar surface area (TPSA) is 52.6 Å². The zero-order valence-corrected chi connectivity index (χ0v) is 17.2. The minimum Gasteiger partial charge on any atom is -0.368 e. The average molecular weight is 399 g/mol. The molecule has 1 aromatic heterocycles. The molecule has 2 aliphatic heterocycles. The molecule has 1 fully saturated rings. The van der Waals surface area contributed by atoms with E-state index in [1.807, 2.05) is 23.1 Å². The Hall–Kier alpha value is -3.41. The summed E-state index contributed by atoms with van der Waals surface area (Å²) in [5, 5.41) is 0. The lowest BCUT2D eigenvalue weighted by Gasteiger charge is -2.36. The third-order valence-corrected chi connectivity index (χ3v) is 5.92. The highest BCUT2D eigenvalue weighted by Gasteiger charge is 2.27. The van der Waals surface area contributed by atoms with E-state index in [1.54, 1.807) is 12.3 Å². The minimum absolute atomic E-state index is 0.0537. The molecule has 1 amide bonds. The fraction of sp³-hybridized carbons (Fsp3) is 0.292. The van der Waals surface area contributed by atoms with Crippen LogP contribution in [-0.2, 0) is 6.42 Å². The van der Waals surface area contributed by atoms with Gasteiger partial charge in [0.2, 0.25) is 5.95 Å². The van der Waals surface area contributed by atoms with Crippen molar-refractivity contribution >= 4 is 23.2 Å². The van der Waals surface area contributed by atoms with Crippen LogP contribution in [0.1, 0.15) is 21.6 Å². The number of nitrogens with zero attached hydrogens (tertiary/aromatic N) is 5. The lowest BCUT2D eigenvalue weighted by molar-refractivity contribution is 0.0984. The lowest BCUT2D eigenvalue weighted by atomic mass is 10.2. The van der Waals surface area contributed by atoms with E-state index in [0.717, 1.165) is 38.3 Å². The van der Waals surface area contributed by atoms with Gasteiger partial charge in [0.05, 0.1) is 0 Å². The Morgan fingerprint density at radius 3 is 2.53 bits per heavy atom. The standard InChI is InChI=1S/C24H25N5O/c1-18-5-4-7-20(17-18)27-13-15-28(16-14-27)24-25-11-9-21(26-24)23(30)29-12-10-19-6-2-3-8-22(19)29/h2-9,11,17H,10,12-16H2,1H3. The molecule has 3 aromatic rings. The van der Waals surface area contributed by atoms with Crippen LogP contribution in [0.15, 0.2) is 60.8 Å². The smallest absolute Gasteiger partial charge is 0.277 e. The Morgan fingerprint density at radius 1 is 0.900 bits per heavy atom. The van der Waals surface area contributed by atoms with Crippen LogP contribution in [0, 0.1) is 6.92 Å². The zero-order valence-electron chi connectivity index (χ0n) is 17.2. The van der Waals surface area contributed by atoms with Gasteiger partial charge in [-0.1, -0.05) is 30.3 Å². The van der Waals surface area contributed by atoms with E-state index in [0.29, 0.717) is 18.2 Å². The van der Waals surface area contributed by atoms with E-state index in [2.05, 4.69) is 57.0 Å². The Morgan fingerprint density at radius 2 is 1.70 bits per heavy atom. The molecule has 0 saturated carbocycles. The van der Waals surface area contributed by atoms with Gasteiger partial charge in [-0.25, -0.2) is 9.97 Å². The second-order valence-corrected chi connectivity index (χ2v) is 7.89. The van der Waals surface area contributed by atoms with E-state index < -0.39 is 0 Å². The molecule has 0 N–H and O–H groups in total. The van der Waals surface area contributed by atoms with Crippen LogP contribution in [0.4, 0.5) is 17.3 Å². The molecule has 152 valence electrons. The molecule has 0 unspecified atom stereocenters. The van der Waals surface area contributed by atoms with Crippen molar-refractivity contribution in [1.29, 1.82) is 0 Å². The monoisotopic (exact) mass is 399 g/mol. The minimum atomic E-state index is -0.0537. The fourth-order valence-corrected chi connectivity index (χ4v) is 4.30. The molecule has 0 spiro atoms. The number of hydrogen-bond donors (Lipinski definition) is 0. The predicted molar refractivity (Wildman–Crippen MR) is 119 cm³/mol. The molecular formula is C24H25N5O. The number of rotatable bonds is 3. The highest BCUT2D eigenvalue weighted by molar-refractivity contribution is 6.06. The number of amides is 1. The number of aromatic nitrogens is 2. The Kier molecular flexibility index (Phi) is 4.83. The summed E-state index contributed by atoms with van der Waals surface area (Å²) in [4.78, 5) is 28.6. The van der Waals surface area contributed by atoms with Crippen molar-refractivity contribution in [3.05, 3.63) is 77.6 Å². The Bertz CT molecular complexity index is 1070. The van der Waals surface area contributed by atoms with Crippen molar-refractivity contribution in [2.24, 2.45) is 0 Å². The number of hydrogen-bond acceptors (Lipinski definition) is 5. The average Bonchev–Trinajstić information content (AvgIpc) is 3.23. The van der Waals surface area contributed by atoms with Gasteiger partial charge < -0.3 is 14.7 Å². The van der Waals surface area contributed by atoms with Gasteiger partial charge in [-0.2, -0.15) is 0 Å². The summed E-state index contributed by atoms with van der Waals surface area (Å²) in [6.07, 6.45) is 2.59. The predicted octanol–water partition coefficient (Wildman–Crippen LogP) is 3.31. The van der Waals surface area contributed by atoms with Crippen LogP contribution < -0.4 is 14.7 Å². The third-order valence-electron chi connectivity index (χ3n) is 5.92. The van der Waals surface area contributed by atoms with Crippen LogP contribution in [0.3, 0.4) is 0 Å². The highest BCUT2D eigenvalue weighted by Crippen LogP contribution is 2.28. The molecule has 0 atom stereocenters. The van der Waals surface area contributed by atoms with Crippen LogP contribution in [0.25, 0.3) is 0 Å². The summed E-state index contributed by atoms with van der Waals surface area (Å²) in [5.41, 5.74) is 5.19. The largest absolute Gasteiger partial charge is 0.368 e. The Labute approximate surface area is 176 Å². The second-order valence-electron chi connectivity index (χ2n) is 7.89. The maximum atomic E-state index is 13.1. The van der Waals surface area contributed by atoms with Crippen LogP contribution in [0.5, 0.6) is 0 Å². The molecule has 2 aromatic carbocycles. The first-order chi connectivity index (χ1) is 14.7. The van der Waals surface area contributed by atoms with Gasteiger partial charge in [-0.05, 0) is 48.7 Å². The first-order valence-corrected chi connectivity index (χ1v) is 10.5. The molecule has 0 bridgehead atoms. The molecule has 0 aliphatic carbocycles. The van der Waals surface area contributed by atoms with Crippen molar-refractivity contribution in [3.8, 4) is 0 Å². The maximum absolute atomic E-state index is 13.1. The Balaban J connectivity index is 1.30. The van der Waals surface area contributed by atoms with Crippen molar-refractivity contribution in [1.82, 2.24) is 9.97 Å². The van der Waals surface area contributed by atoms with Gasteiger partial charge in [0, 0.05) is 50.3 Å². The highest BCUT2D eigenvalue weighted by atomic mass is 16.2. The van der Waals surface area contributed by atoms with Gasteiger partial charge in [-0.3, -0.25) is 4.79 Å². The summed E-state index contributed by atoms with van der Waals surface area (Å²) in [7, 11) is 0. The van der Waals surface area contributed by atoms with E-state index in [1.165, 1.54) is 16.8 Å². The summed E-state index contributed by atoms with van der Waals surface area (Å²) in [5.74, 6) is 0.583. The van der Waals surface area contributed by atoms with Crippen molar-refractivity contribution < 1.29 is 4.79 Å². The first kappa shape index (κ1) is 18.6. The molecule has 1 saturated heterocycles. The molecule has 3 heterocycles. The molecule has 6 nitrogen and oxygen atoms in total. The zero-order chi connectivity index (χ0) is 20.5. The van der Waals surface area contributed by atoms with Crippen LogP contribution in [0.2, 0.25) is 0 Å². The van der Waals surface area contributed by atoms with E-state index in [-0.39, 0.29) is 5.91 Å². The maximum Gasteiger partial charge on any atom is 0.277 e. The number of carbonyl (C=O) groups is 1. The van der Waals surface area contributed by atoms with Gasteiger partial charge in [0.15, 0.2) is 0 Å². The number of anilines is 3. The lowest BCUT2D eigenvalue weighted by Crippen LogP contribution is -2.47. The van der Waals surface area contributed by atoms with Gasteiger partial charge >= 0.3 is 0 Å². The molecule has 2 aliphatic rings. The molecule has 6 heteroatoms. The number of aryl methyl sites for hydroxylation is 1. The van der Waals surface area contributed by atoms with Crippen LogP contribution in [-0.4, -0.2) is 48.6 Å². The summed E-state index contributed by atoms with van der Waals surface area (Å²) < 4.78 is 0. The van der Waals surface area contributed by atoms with Crippen molar-refractivity contribution in [2.45, 2.75) is 13.3 Å². The van der Waals surface area contributed by atoms with E-state index >= 15 is 0 Å². The molecule has 30 heavy (non-hydrogen) atoms. The quantitative estimate of drug-likeness (QED) is 0.676. The molecular weight excluding hydrogens is 374 g/mol. The van der Waals surface area contributed by atoms with E-state index in [9.17, 15) is 4.79 Å². The van der Waals surface area contributed by atoms with Gasteiger partial charge in [-0.15, -0.1) is 0 Å². The number of piperazine rings is 1. The molecule has 0 radical (unpaired) electrons. The summed E-state index contributed by atoms with van der Waals surface area (Å²) in [6.45, 7) is 6.30. The van der Waals surface area contributed by atoms with Crippen molar-refractivity contribution in [3.63, 3.8) is 0 Å². The fourth-order valence-electron chi connectivity index (χ4n) is 4.30.